The van der Waals surface area contributed by atoms with Gasteiger partial charge in [0.15, 0.2) is 0 Å². The number of ether oxygens (including phenoxy) is 1. The monoisotopic (exact) mass is 278 g/mol. The maximum Gasteiger partial charge on any atom is 0.338 e. The lowest BCUT2D eigenvalue weighted by Crippen LogP contribution is -2.35. The van der Waals surface area contributed by atoms with E-state index in [2.05, 4.69) is 10.6 Å². The molecule has 0 radical (unpaired) electrons. The summed E-state index contributed by atoms with van der Waals surface area (Å²) in [7, 11) is 0. The number of anilines is 1. The summed E-state index contributed by atoms with van der Waals surface area (Å²) in [5.74, 6) is -1.06. The lowest BCUT2D eigenvalue weighted by molar-refractivity contribution is 0.0697. The normalized spacial score (nSPS) is 17.8. The summed E-state index contributed by atoms with van der Waals surface area (Å²) in [6.07, 6.45) is 2.00. The van der Waals surface area contributed by atoms with Crippen molar-refractivity contribution in [2.24, 2.45) is 0 Å². The van der Waals surface area contributed by atoms with Gasteiger partial charge < -0.3 is 20.5 Å². The molecule has 0 aromatic heterocycles. The minimum atomic E-state index is -1.06. The number of aryl methyl sites for hydroxylation is 1. The molecule has 1 fully saturated rings. The van der Waals surface area contributed by atoms with Crippen molar-refractivity contribution >= 4 is 17.7 Å². The topological polar surface area (TPSA) is 87.7 Å². The first-order valence-electron chi connectivity index (χ1n) is 6.57. The molecule has 2 amide bonds. The van der Waals surface area contributed by atoms with Crippen LogP contribution in [-0.2, 0) is 4.74 Å². The number of urea groups is 1. The van der Waals surface area contributed by atoms with Crippen molar-refractivity contribution in [2.75, 3.05) is 18.5 Å². The van der Waals surface area contributed by atoms with Crippen LogP contribution in [0.4, 0.5) is 10.5 Å². The molecular weight excluding hydrogens is 260 g/mol. The number of rotatable bonds is 4. The molecule has 0 bridgehead atoms. The van der Waals surface area contributed by atoms with Crippen molar-refractivity contribution in [3.8, 4) is 0 Å². The molecule has 20 heavy (non-hydrogen) atoms. The van der Waals surface area contributed by atoms with Gasteiger partial charge in [0.05, 0.1) is 17.4 Å². The molecule has 2 rings (SSSR count). The van der Waals surface area contributed by atoms with Gasteiger partial charge in [0.1, 0.15) is 0 Å². The molecule has 0 aliphatic carbocycles. The van der Waals surface area contributed by atoms with Crippen molar-refractivity contribution in [3.63, 3.8) is 0 Å². The van der Waals surface area contributed by atoms with Crippen molar-refractivity contribution in [1.82, 2.24) is 5.32 Å². The Hall–Kier alpha value is -2.08. The summed E-state index contributed by atoms with van der Waals surface area (Å²) < 4.78 is 5.40. The van der Waals surface area contributed by atoms with Crippen molar-refractivity contribution in [2.45, 2.75) is 25.9 Å². The van der Waals surface area contributed by atoms with Crippen LogP contribution < -0.4 is 10.6 Å². The van der Waals surface area contributed by atoms with Gasteiger partial charge in [-0.15, -0.1) is 0 Å². The van der Waals surface area contributed by atoms with E-state index in [4.69, 9.17) is 4.74 Å². The molecule has 1 heterocycles. The first kappa shape index (κ1) is 14.3. The fourth-order valence-electron chi connectivity index (χ4n) is 2.23. The molecule has 6 heteroatoms. The molecular formula is C14H18N2O4. The van der Waals surface area contributed by atoms with Gasteiger partial charge in [0, 0.05) is 13.2 Å². The molecule has 108 valence electrons. The first-order chi connectivity index (χ1) is 9.58. The minimum Gasteiger partial charge on any atom is -0.478 e. The highest BCUT2D eigenvalue weighted by Crippen LogP contribution is 2.19. The zero-order chi connectivity index (χ0) is 14.5. The Balaban J connectivity index is 1.96. The summed E-state index contributed by atoms with van der Waals surface area (Å²) in [5.41, 5.74) is 1.01. The van der Waals surface area contributed by atoms with Crippen molar-refractivity contribution < 1.29 is 19.4 Å². The molecule has 1 unspecified atom stereocenters. The molecule has 1 atom stereocenters. The van der Waals surface area contributed by atoms with Crippen LogP contribution in [0.15, 0.2) is 18.2 Å². The number of hydrogen-bond acceptors (Lipinski definition) is 3. The quantitative estimate of drug-likeness (QED) is 0.786. The summed E-state index contributed by atoms with van der Waals surface area (Å²) >= 11 is 0. The van der Waals surface area contributed by atoms with Crippen LogP contribution in [0, 0.1) is 6.92 Å². The third-order valence-corrected chi connectivity index (χ3v) is 3.25. The number of carbonyl (C=O) groups is 2. The average Bonchev–Trinajstić information content (AvgIpc) is 2.89. The second-order valence-electron chi connectivity index (χ2n) is 4.77. The standard InChI is InChI=1S/C14H18N2O4/c1-9-4-2-6-11(12(9)13(17)18)16-14(19)15-8-10-5-3-7-20-10/h2,4,6,10H,3,5,7-8H2,1H3,(H,17,18)(H2,15,16,19). The van der Waals surface area contributed by atoms with E-state index in [9.17, 15) is 14.7 Å². The van der Waals surface area contributed by atoms with Gasteiger partial charge in [-0.25, -0.2) is 9.59 Å². The maximum absolute atomic E-state index is 11.8. The van der Waals surface area contributed by atoms with Gasteiger partial charge >= 0.3 is 12.0 Å². The molecule has 1 aromatic carbocycles. The highest BCUT2D eigenvalue weighted by atomic mass is 16.5. The lowest BCUT2D eigenvalue weighted by Gasteiger charge is -2.13. The number of hydrogen-bond donors (Lipinski definition) is 3. The number of amides is 2. The molecule has 1 aliphatic rings. The van der Waals surface area contributed by atoms with E-state index >= 15 is 0 Å². The summed E-state index contributed by atoms with van der Waals surface area (Å²) in [4.78, 5) is 23.0. The van der Waals surface area contributed by atoms with Crippen LogP contribution in [0.2, 0.25) is 0 Å². The van der Waals surface area contributed by atoms with Gasteiger partial charge in [0.25, 0.3) is 0 Å². The van der Waals surface area contributed by atoms with E-state index < -0.39 is 12.0 Å². The van der Waals surface area contributed by atoms with Crippen molar-refractivity contribution in [3.05, 3.63) is 29.3 Å². The Bertz CT molecular complexity index is 510. The fraction of sp³-hybridized carbons (Fsp3) is 0.429. The van der Waals surface area contributed by atoms with E-state index in [1.54, 1.807) is 25.1 Å². The Morgan fingerprint density at radius 2 is 2.25 bits per heavy atom. The second kappa shape index (κ2) is 6.38. The maximum atomic E-state index is 11.8. The number of aromatic carboxylic acids is 1. The average molecular weight is 278 g/mol. The van der Waals surface area contributed by atoms with Gasteiger partial charge in [-0.1, -0.05) is 12.1 Å². The van der Waals surface area contributed by atoms with Crippen LogP contribution in [0.25, 0.3) is 0 Å². The summed E-state index contributed by atoms with van der Waals surface area (Å²) in [6.45, 7) is 2.86. The zero-order valence-electron chi connectivity index (χ0n) is 11.3. The number of carboxylic acids is 1. The minimum absolute atomic E-state index is 0.0530. The molecule has 1 aliphatic heterocycles. The van der Waals surface area contributed by atoms with Crippen LogP contribution in [0.3, 0.4) is 0 Å². The predicted octanol–water partition coefficient (Wildman–Crippen LogP) is 1.99. The van der Waals surface area contributed by atoms with Gasteiger partial charge in [-0.2, -0.15) is 0 Å². The smallest absolute Gasteiger partial charge is 0.338 e. The zero-order valence-corrected chi connectivity index (χ0v) is 11.3. The largest absolute Gasteiger partial charge is 0.478 e. The van der Waals surface area contributed by atoms with Crippen LogP contribution in [-0.4, -0.2) is 36.4 Å². The highest BCUT2D eigenvalue weighted by Gasteiger charge is 2.18. The molecule has 0 saturated carbocycles. The Labute approximate surface area is 117 Å². The Kier molecular flexibility index (Phi) is 4.57. The number of carbonyl (C=O) groups excluding carboxylic acids is 1. The first-order valence-corrected chi connectivity index (χ1v) is 6.57. The Morgan fingerprint density at radius 3 is 2.90 bits per heavy atom. The molecule has 1 aromatic rings. The molecule has 1 saturated heterocycles. The van der Waals surface area contributed by atoms with Crippen LogP contribution in [0.1, 0.15) is 28.8 Å². The van der Waals surface area contributed by atoms with Crippen molar-refractivity contribution in [1.29, 1.82) is 0 Å². The van der Waals surface area contributed by atoms with E-state index in [0.29, 0.717) is 17.8 Å². The van der Waals surface area contributed by atoms with E-state index in [0.717, 1.165) is 19.4 Å². The van der Waals surface area contributed by atoms with Gasteiger partial charge in [-0.3, -0.25) is 0 Å². The molecule has 3 N–H and O–H groups in total. The van der Waals surface area contributed by atoms with E-state index in [1.165, 1.54) is 0 Å². The molecule has 0 spiro atoms. The third-order valence-electron chi connectivity index (χ3n) is 3.25. The number of carboxylic acid groups (broad SMARTS) is 1. The number of nitrogens with one attached hydrogen (secondary N) is 2. The third kappa shape index (κ3) is 3.48. The summed E-state index contributed by atoms with van der Waals surface area (Å²) in [5, 5.41) is 14.4. The fourth-order valence-corrected chi connectivity index (χ4v) is 2.23. The summed E-state index contributed by atoms with van der Waals surface area (Å²) in [6, 6.07) is 4.55. The lowest BCUT2D eigenvalue weighted by atomic mass is 10.1. The van der Waals surface area contributed by atoms with Gasteiger partial charge in [0.2, 0.25) is 0 Å². The van der Waals surface area contributed by atoms with Crippen LogP contribution >= 0.6 is 0 Å². The Morgan fingerprint density at radius 1 is 1.45 bits per heavy atom. The van der Waals surface area contributed by atoms with E-state index in [1.807, 2.05) is 0 Å². The number of benzene rings is 1. The predicted molar refractivity (Wildman–Crippen MR) is 74.1 cm³/mol. The SMILES string of the molecule is Cc1cccc(NC(=O)NCC2CCCO2)c1C(=O)O. The van der Waals surface area contributed by atoms with E-state index in [-0.39, 0.29) is 11.7 Å². The molecule has 6 nitrogen and oxygen atoms in total. The second-order valence-corrected chi connectivity index (χ2v) is 4.77. The van der Waals surface area contributed by atoms with Crippen LogP contribution in [0.5, 0.6) is 0 Å². The highest BCUT2D eigenvalue weighted by molar-refractivity contribution is 6.01. The van der Waals surface area contributed by atoms with Gasteiger partial charge in [-0.05, 0) is 31.4 Å².